The molecule has 9 nitrogen and oxygen atoms in total. The van der Waals surface area contributed by atoms with Gasteiger partial charge in [-0.05, 0) is 38.0 Å². The number of carbonyl (C=O) groups is 4. The molecule has 4 amide bonds. The maximum absolute atomic E-state index is 13.5. The van der Waals surface area contributed by atoms with Gasteiger partial charge in [0, 0.05) is 33.0 Å². The van der Waals surface area contributed by atoms with Crippen LogP contribution in [0.4, 0.5) is 0 Å². The molecule has 0 aromatic rings. The summed E-state index contributed by atoms with van der Waals surface area (Å²) in [7, 11) is 6.30. The molecule has 0 saturated carbocycles. The van der Waals surface area contributed by atoms with Gasteiger partial charge in [0.25, 0.3) is 5.91 Å². The van der Waals surface area contributed by atoms with E-state index in [0.29, 0.717) is 12.8 Å². The number of carbonyl (C=O) groups excluding carboxylic acids is 4. The van der Waals surface area contributed by atoms with Gasteiger partial charge in [-0.1, -0.05) is 72.1 Å². The van der Waals surface area contributed by atoms with E-state index in [1.165, 1.54) is 33.4 Å². The average molecular weight is 539 g/mol. The van der Waals surface area contributed by atoms with Crippen LogP contribution in [0.3, 0.4) is 0 Å². The number of hydroxylamine groups is 2. The van der Waals surface area contributed by atoms with Crippen molar-refractivity contribution in [3.8, 4) is 0 Å². The number of rotatable bonds is 11. The zero-order chi connectivity index (χ0) is 28.7. The van der Waals surface area contributed by atoms with Gasteiger partial charge in [0.15, 0.2) is 0 Å². The van der Waals surface area contributed by atoms with E-state index in [4.69, 9.17) is 4.84 Å². The third-order valence-electron chi connectivity index (χ3n) is 7.48. The van der Waals surface area contributed by atoms with Crippen molar-refractivity contribution in [1.29, 1.82) is 0 Å². The molecule has 1 aliphatic rings. The predicted octanol–water partition coefficient (Wildman–Crippen LogP) is 4.06. The summed E-state index contributed by atoms with van der Waals surface area (Å²) in [6.45, 7) is 6.19. The Bertz CT molecular complexity index is 742. The molecule has 2 unspecified atom stereocenters. The zero-order valence-corrected chi connectivity index (χ0v) is 25.0. The molecule has 220 valence electrons. The Labute approximate surface area is 230 Å². The van der Waals surface area contributed by atoms with Crippen molar-refractivity contribution in [2.24, 2.45) is 17.8 Å². The smallest absolute Gasteiger partial charge is 0.268 e. The first kappa shape index (κ1) is 33.9. The Kier molecular flexibility index (Phi) is 16.2. The number of hydrogen-bond acceptors (Lipinski definition) is 5. The standard InChI is InChI=1S/C29H54N4O5/c1-8-9-10-11-13-16-22-17-14-12-15-18-23(28(36)32(4)5)20-25(29(37)33(6)38-7)31-27(35)24(19-21(2)3)30-26(22)34/h21-25H,8-20H2,1-7H3,(H,30,34)(H,31,35)/t22?,23?,24-,25-/m0/s1. The maximum Gasteiger partial charge on any atom is 0.268 e. The molecule has 1 saturated heterocycles. The lowest BCUT2D eigenvalue weighted by molar-refractivity contribution is -0.172. The van der Waals surface area contributed by atoms with Gasteiger partial charge in [-0.15, -0.1) is 0 Å². The SMILES string of the molecule is CCCCCCCC1CCCCCC(C(=O)N(C)C)C[C@@H](C(=O)N(C)OC)NC(=O)[C@H](CC(C)C)NC1=O. The third kappa shape index (κ3) is 12.1. The highest BCUT2D eigenvalue weighted by atomic mass is 16.7. The van der Waals surface area contributed by atoms with Crippen molar-refractivity contribution in [2.75, 3.05) is 28.3 Å². The van der Waals surface area contributed by atoms with Crippen LogP contribution < -0.4 is 10.6 Å². The van der Waals surface area contributed by atoms with Crippen LogP contribution in [0.2, 0.25) is 0 Å². The minimum atomic E-state index is -0.940. The van der Waals surface area contributed by atoms with Gasteiger partial charge in [-0.25, -0.2) is 5.06 Å². The lowest BCUT2D eigenvalue weighted by Gasteiger charge is -2.30. The van der Waals surface area contributed by atoms with Gasteiger partial charge < -0.3 is 15.5 Å². The third-order valence-corrected chi connectivity index (χ3v) is 7.48. The number of nitrogens with one attached hydrogen (secondary N) is 2. The van der Waals surface area contributed by atoms with E-state index in [1.54, 1.807) is 19.0 Å². The molecule has 1 aliphatic heterocycles. The second-order valence-corrected chi connectivity index (χ2v) is 11.5. The van der Waals surface area contributed by atoms with Crippen molar-refractivity contribution in [2.45, 2.75) is 116 Å². The van der Waals surface area contributed by atoms with Crippen LogP contribution in [0, 0.1) is 17.8 Å². The van der Waals surface area contributed by atoms with Crippen molar-refractivity contribution >= 4 is 23.6 Å². The van der Waals surface area contributed by atoms with Gasteiger partial charge in [-0.2, -0.15) is 0 Å². The van der Waals surface area contributed by atoms with Crippen LogP contribution in [-0.2, 0) is 24.0 Å². The highest BCUT2D eigenvalue weighted by Crippen LogP contribution is 2.24. The molecule has 1 fully saturated rings. The van der Waals surface area contributed by atoms with E-state index < -0.39 is 29.8 Å². The first-order chi connectivity index (χ1) is 18.0. The van der Waals surface area contributed by atoms with Crippen molar-refractivity contribution in [1.82, 2.24) is 20.6 Å². The van der Waals surface area contributed by atoms with Crippen LogP contribution in [-0.4, -0.2) is 73.9 Å². The van der Waals surface area contributed by atoms with E-state index in [9.17, 15) is 19.2 Å². The molecule has 0 aliphatic carbocycles. The molecule has 0 bridgehead atoms. The first-order valence-electron chi connectivity index (χ1n) is 14.6. The lowest BCUT2D eigenvalue weighted by Crippen LogP contribution is -2.55. The Hall–Kier alpha value is -2.16. The summed E-state index contributed by atoms with van der Waals surface area (Å²) in [6.07, 6.45) is 11.1. The molecule has 0 aromatic heterocycles. The largest absolute Gasteiger partial charge is 0.349 e. The molecular formula is C29H54N4O5. The highest BCUT2D eigenvalue weighted by Gasteiger charge is 2.34. The summed E-state index contributed by atoms with van der Waals surface area (Å²) in [5.74, 6) is -1.33. The summed E-state index contributed by atoms with van der Waals surface area (Å²) in [5.41, 5.74) is 0. The molecule has 1 rings (SSSR count). The number of likely N-dealkylation sites (N-methyl/N-ethyl adjacent to an activating group) is 1. The van der Waals surface area contributed by atoms with Crippen molar-refractivity contribution in [3.05, 3.63) is 0 Å². The topological polar surface area (TPSA) is 108 Å². The van der Waals surface area contributed by atoms with Crippen LogP contribution >= 0.6 is 0 Å². The van der Waals surface area contributed by atoms with Crippen LogP contribution in [0.25, 0.3) is 0 Å². The van der Waals surface area contributed by atoms with Gasteiger partial charge in [0.2, 0.25) is 17.7 Å². The average Bonchev–Trinajstić information content (AvgIpc) is 2.87. The first-order valence-corrected chi connectivity index (χ1v) is 14.6. The lowest BCUT2D eigenvalue weighted by atomic mass is 9.89. The Balaban J connectivity index is 3.24. The van der Waals surface area contributed by atoms with Crippen molar-refractivity contribution in [3.63, 3.8) is 0 Å². The fraction of sp³-hybridized carbons (Fsp3) is 0.862. The highest BCUT2D eigenvalue weighted by molar-refractivity contribution is 5.92. The monoisotopic (exact) mass is 538 g/mol. The summed E-state index contributed by atoms with van der Waals surface area (Å²) in [6, 6.07) is -1.69. The van der Waals surface area contributed by atoms with E-state index in [1.807, 2.05) is 13.8 Å². The summed E-state index contributed by atoms with van der Waals surface area (Å²) in [4.78, 5) is 59.7. The summed E-state index contributed by atoms with van der Waals surface area (Å²) < 4.78 is 0. The van der Waals surface area contributed by atoms with E-state index in [2.05, 4.69) is 17.6 Å². The number of amides is 4. The molecule has 2 N–H and O–H groups in total. The summed E-state index contributed by atoms with van der Waals surface area (Å²) >= 11 is 0. The van der Waals surface area contributed by atoms with Gasteiger partial charge in [-0.3, -0.25) is 24.0 Å². The fourth-order valence-corrected chi connectivity index (χ4v) is 5.15. The Morgan fingerprint density at radius 2 is 1.58 bits per heavy atom. The zero-order valence-electron chi connectivity index (χ0n) is 25.0. The minimum absolute atomic E-state index is 0.0544. The van der Waals surface area contributed by atoms with Crippen LogP contribution in [0.5, 0.6) is 0 Å². The fourth-order valence-electron chi connectivity index (χ4n) is 5.15. The molecule has 0 aromatic carbocycles. The molecule has 1 heterocycles. The van der Waals surface area contributed by atoms with Gasteiger partial charge in [0.1, 0.15) is 12.1 Å². The van der Waals surface area contributed by atoms with Crippen LogP contribution in [0.1, 0.15) is 104 Å². The minimum Gasteiger partial charge on any atom is -0.349 e. The Morgan fingerprint density at radius 1 is 0.921 bits per heavy atom. The van der Waals surface area contributed by atoms with Crippen molar-refractivity contribution < 1.29 is 24.0 Å². The number of hydrogen-bond donors (Lipinski definition) is 2. The van der Waals surface area contributed by atoms with Gasteiger partial charge in [0.05, 0.1) is 7.11 Å². The second-order valence-electron chi connectivity index (χ2n) is 11.5. The molecule has 0 spiro atoms. The second kappa shape index (κ2) is 18.2. The Morgan fingerprint density at radius 3 is 2.18 bits per heavy atom. The molecule has 9 heteroatoms. The van der Waals surface area contributed by atoms with Gasteiger partial charge >= 0.3 is 0 Å². The molecule has 38 heavy (non-hydrogen) atoms. The molecule has 4 atom stereocenters. The molecular weight excluding hydrogens is 484 g/mol. The van der Waals surface area contributed by atoms with E-state index >= 15 is 0 Å². The summed E-state index contributed by atoms with van der Waals surface area (Å²) in [5, 5.41) is 6.98. The van der Waals surface area contributed by atoms with Crippen LogP contribution in [0.15, 0.2) is 0 Å². The maximum atomic E-state index is 13.5. The quantitative estimate of drug-likeness (QED) is 0.305. The number of nitrogens with zero attached hydrogens (tertiary/aromatic N) is 2. The molecule has 0 radical (unpaired) electrons. The predicted molar refractivity (Wildman–Crippen MR) is 150 cm³/mol. The normalized spacial score (nSPS) is 23.8. The van der Waals surface area contributed by atoms with E-state index in [0.717, 1.165) is 50.0 Å². The van der Waals surface area contributed by atoms with E-state index in [-0.39, 0.29) is 30.1 Å². The number of unbranched alkanes of at least 4 members (excludes halogenated alkanes) is 4.